The summed E-state index contributed by atoms with van der Waals surface area (Å²) in [6.07, 6.45) is 0. The van der Waals surface area contributed by atoms with E-state index in [-0.39, 0.29) is 17.5 Å². The van der Waals surface area contributed by atoms with Crippen molar-refractivity contribution in [3.05, 3.63) is 72.2 Å². The van der Waals surface area contributed by atoms with Gasteiger partial charge in [-0.25, -0.2) is 9.37 Å². The maximum atomic E-state index is 12.9. The van der Waals surface area contributed by atoms with Gasteiger partial charge in [0.25, 0.3) is 0 Å². The predicted octanol–water partition coefficient (Wildman–Crippen LogP) is 5.10. The third-order valence-corrected chi connectivity index (χ3v) is 5.87. The summed E-state index contributed by atoms with van der Waals surface area (Å²) in [5.41, 5.74) is 0.946. The van der Waals surface area contributed by atoms with E-state index in [1.165, 1.54) is 23.9 Å². The van der Waals surface area contributed by atoms with Crippen molar-refractivity contribution in [1.29, 1.82) is 0 Å². The van der Waals surface area contributed by atoms with Gasteiger partial charge in [0, 0.05) is 4.90 Å². The summed E-state index contributed by atoms with van der Waals surface area (Å²) in [5, 5.41) is 3.65. The Morgan fingerprint density at radius 3 is 2.74 bits per heavy atom. The standard InChI is InChI=1S/C20H15FN2O2S2/c21-13-5-8-15(9-6-13)26-12-19(24)22-11-14-7-10-17(25-14)20-23-16-3-1-2-4-18(16)27-20/h1-10H,11-12H2,(H,22,24). The maximum absolute atomic E-state index is 12.9. The highest BCUT2D eigenvalue weighted by atomic mass is 32.2. The van der Waals surface area contributed by atoms with Crippen molar-refractivity contribution in [1.82, 2.24) is 10.3 Å². The van der Waals surface area contributed by atoms with Crippen LogP contribution in [0.15, 0.2) is 70.0 Å². The first-order chi connectivity index (χ1) is 13.2. The van der Waals surface area contributed by atoms with Crippen LogP contribution in [-0.2, 0) is 11.3 Å². The number of aromatic nitrogens is 1. The zero-order valence-electron chi connectivity index (χ0n) is 14.1. The summed E-state index contributed by atoms with van der Waals surface area (Å²) in [7, 11) is 0. The van der Waals surface area contributed by atoms with E-state index in [9.17, 15) is 9.18 Å². The molecular weight excluding hydrogens is 383 g/mol. The molecule has 0 bridgehead atoms. The van der Waals surface area contributed by atoms with Crippen molar-refractivity contribution in [2.24, 2.45) is 0 Å². The lowest BCUT2D eigenvalue weighted by atomic mass is 10.3. The van der Waals surface area contributed by atoms with Crippen molar-refractivity contribution < 1.29 is 13.6 Å². The number of furan rings is 1. The normalized spacial score (nSPS) is 11.0. The van der Waals surface area contributed by atoms with Gasteiger partial charge in [-0.15, -0.1) is 23.1 Å². The van der Waals surface area contributed by atoms with E-state index in [4.69, 9.17) is 4.42 Å². The van der Waals surface area contributed by atoms with Crippen LogP contribution in [-0.4, -0.2) is 16.6 Å². The van der Waals surface area contributed by atoms with Crippen molar-refractivity contribution >= 4 is 39.2 Å². The molecule has 27 heavy (non-hydrogen) atoms. The monoisotopic (exact) mass is 398 g/mol. The fourth-order valence-corrected chi connectivity index (χ4v) is 4.14. The van der Waals surface area contributed by atoms with E-state index in [2.05, 4.69) is 10.3 Å². The lowest BCUT2D eigenvalue weighted by molar-refractivity contribution is -0.118. The molecule has 7 heteroatoms. The number of carbonyl (C=O) groups is 1. The summed E-state index contributed by atoms with van der Waals surface area (Å²) in [4.78, 5) is 17.4. The van der Waals surface area contributed by atoms with E-state index in [1.54, 1.807) is 23.5 Å². The highest BCUT2D eigenvalue weighted by Crippen LogP contribution is 2.31. The number of halogens is 1. The number of hydrogen-bond acceptors (Lipinski definition) is 5. The molecule has 4 rings (SSSR count). The van der Waals surface area contributed by atoms with Gasteiger partial charge in [0.1, 0.15) is 11.6 Å². The van der Waals surface area contributed by atoms with Gasteiger partial charge in [0.05, 0.1) is 22.5 Å². The number of fused-ring (bicyclic) bond motifs is 1. The van der Waals surface area contributed by atoms with Crippen LogP contribution in [0.2, 0.25) is 0 Å². The van der Waals surface area contributed by atoms with E-state index in [1.807, 2.05) is 36.4 Å². The first kappa shape index (κ1) is 17.8. The summed E-state index contributed by atoms with van der Waals surface area (Å²) < 4.78 is 19.8. The van der Waals surface area contributed by atoms with Crippen LogP contribution in [0.25, 0.3) is 21.0 Å². The van der Waals surface area contributed by atoms with Gasteiger partial charge in [-0.05, 0) is 48.5 Å². The number of para-hydroxylation sites is 1. The number of rotatable bonds is 6. The SMILES string of the molecule is O=C(CSc1ccc(F)cc1)NCc1ccc(-c2nc3ccccc3s2)o1. The minimum atomic E-state index is -0.287. The Morgan fingerprint density at radius 2 is 1.93 bits per heavy atom. The molecule has 4 nitrogen and oxygen atoms in total. The molecule has 0 aliphatic heterocycles. The molecule has 0 saturated carbocycles. The minimum absolute atomic E-state index is 0.109. The van der Waals surface area contributed by atoms with E-state index < -0.39 is 0 Å². The third-order valence-electron chi connectivity index (χ3n) is 3.81. The van der Waals surface area contributed by atoms with Crippen molar-refractivity contribution in [2.45, 2.75) is 11.4 Å². The first-order valence-electron chi connectivity index (χ1n) is 8.27. The van der Waals surface area contributed by atoms with Crippen LogP contribution in [0.5, 0.6) is 0 Å². The van der Waals surface area contributed by atoms with Gasteiger partial charge in [-0.3, -0.25) is 4.79 Å². The average Bonchev–Trinajstić information content (AvgIpc) is 3.32. The summed E-state index contributed by atoms with van der Waals surface area (Å²) >= 11 is 2.93. The molecule has 2 heterocycles. The smallest absolute Gasteiger partial charge is 0.230 e. The van der Waals surface area contributed by atoms with E-state index in [0.29, 0.717) is 18.1 Å². The first-order valence-corrected chi connectivity index (χ1v) is 10.1. The molecule has 0 aliphatic carbocycles. The Kier molecular flexibility index (Phi) is 5.22. The van der Waals surface area contributed by atoms with Gasteiger partial charge in [0.15, 0.2) is 10.8 Å². The molecule has 2 aromatic carbocycles. The zero-order chi connectivity index (χ0) is 18.6. The van der Waals surface area contributed by atoms with Crippen LogP contribution < -0.4 is 5.32 Å². The number of hydrogen-bond donors (Lipinski definition) is 1. The Balaban J connectivity index is 1.32. The number of amides is 1. The molecule has 2 aromatic heterocycles. The van der Waals surface area contributed by atoms with Crippen LogP contribution in [0.1, 0.15) is 5.76 Å². The number of thiazole rings is 1. The van der Waals surface area contributed by atoms with Crippen LogP contribution >= 0.6 is 23.1 Å². The number of benzene rings is 2. The number of thioether (sulfide) groups is 1. The molecule has 136 valence electrons. The summed E-state index contributed by atoms with van der Waals surface area (Å²) in [5.74, 6) is 1.23. The van der Waals surface area contributed by atoms with Crippen molar-refractivity contribution in [3.8, 4) is 10.8 Å². The maximum Gasteiger partial charge on any atom is 0.230 e. The molecule has 0 atom stereocenters. The second-order valence-corrected chi connectivity index (χ2v) is 7.85. The van der Waals surface area contributed by atoms with Crippen molar-refractivity contribution in [2.75, 3.05) is 5.75 Å². The van der Waals surface area contributed by atoms with E-state index in [0.717, 1.165) is 20.1 Å². The second kappa shape index (κ2) is 7.94. The molecule has 4 aromatic rings. The summed E-state index contributed by atoms with van der Waals surface area (Å²) in [6.45, 7) is 0.313. The van der Waals surface area contributed by atoms with Gasteiger partial charge in [-0.1, -0.05) is 12.1 Å². The molecule has 0 fully saturated rings. The van der Waals surface area contributed by atoms with Crippen LogP contribution in [0.4, 0.5) is 4.39 Å². The zero-order valence-corrected chi connectivity index (χ0v) is 15.8. The molecule has 0 radical (unpaired) electrons. The molecule has 0 unspecified atom stereocenters. The number of carbonyl (C=O) groups excluding carboxylic acids is 1. The molecule has 0 spiro atoms. The lowest BCUT2D eigenvalue weighted by Gasteiger charge is -2.03. The molecule has 1 amide bonds. The van der Waals surface area contributed by atoms with E-state index >= 15 is 0 Å². The number of nitrogens with one attached hydrogen (secondary N) is 1. The molecule has 1 N–H and O–H groups in total. The Morgan fingerprint density at radius 1 is 1.11 bits per heavy atom. The second-order valence-electron chi connectivity index (χ2n) is 5.77. The molecular formula is C20H15FN2O2S2. The van der Waals surface area contributed by atoms with Gasteiger partial charge in [-0.2, -0.15) is 0 Å². The third kappa shape index (κ3) is 4.37. The van der Waals surface area contributed by atoms with Crippen LogP contribution in [0.3, 0.4) is 0 Å². The average molecular weight is 398 g/mol. The molecule has 0 saturated heterocycles. The Labute approximate surface area is 163 Å². The Hall–Kier alpha value is -2.64. The van der Waals surface area contributed by atoms with Gasteiger partial charge in [0.2, 0.25) is 5.91 Å². The largest absolute Gasteiger partial charge is 0.457 e. The fourth-order valence-electron chi connectivity index (χ4n) is 2.48. The lowest BCUT2D eigenvalue weighted by Crippen LogP contribution is -2.24. The number of nitrogens with zero attached hydrogens (tertiary/aromatic N) is 1. The highest BCUT2D eigenvalue weighted by molar-refractivity contribution is 8.00. The quantitative estimate of drug-likeness (QED) is 0.459. The summed E-state index contributed by atoms with van der Waals surface area (Å²) in [6, 6.07) is 17.7. The van der Waals surface area contributed by atoms with Gasteiger partial charge < -0.3 is 9.73 Å². The topological polar surface area (TPSA) is 55.1 Å². The molecule has 0 aliphatic rings. The predicted molar refractivity (Wildman–Crippen MR) is 106 cm³/mol. The fraction of sp³-hybridized carbons (Fsp3) is 0.100. The minimum Gasteiger partial charge on any atom is -0.457 e. The Bertz CT molecular complexity index is 1040. The highest BCUT2D eigenvalue weighted by Gasteiger charge is 2.11. The van der Waals surface area contributed by atoms with Crippen LogP contribution in [0, 0.1) is 5.82 Å². The van der Waals surface area contributed by atoms with Gasteiger partial charge >= 0.3 is 0 Å². The van der Waals surface area contributed by atoms with Crippen molar-refractivity contribution in [3.63, 3.8) is 0 Å².